The van der Waals surface area contributed by atoms with E-state index in [2.05, 4.69) is 10.6 Å². The molecule has 0 saturated carbocycles. The van der Waals surface area contributed by atoms with Gasteiger partial charge in [-0.1, -0.05) is 0 Å². The molecule has 0 aliphatic carbocycles. The number of methoxy groups -OCH3 is 2. The predicted octanol–water partition coefficient (Wildman–Crippen LogP) is 2.02. The van der Waals surface area contributed by atoms with Crippen LogP contribution in [0.25, 0.3) is 0 Å². The topological polar surface area (TPSA) is 85.7 Å². The summed E-state index contributed by atoms with van der Waals surface area (Å²) < 4.78 is 10.3. The Morgan fingerprint density at radius 2 is 1.90 bits per heavy atom. The first-order chi connectivity index (χ1) is 10.2. The molecule has 1 aliphatic heterocycles. The second-order valence-electron chi connectivity index (χ2n) is 5.06. The van der Waals surface area contributed by atoms with Gasteiger partial charge in [-0.25, -0.2) is 0 Å². The molecule has 7 nitrogen and oxygen atoms in total. The van der Waals surface area contributed by atoms with Crippen LogP contribution in [0.2, 0.25) is 0 Å². The fraction of sp³-hybridized carbons (Fsp3) is 0.571. The maximum atomic E-state index is 11.2. The van der Waals surface area contributed by atoms with Crippen LogP contribution >= 0.6 is 0 Å². The van der Waals surface area contributed by atoms with Crippen molar-refractivity contribution < 1.29 is 14.4 Å². The van der Waals surface area contributed by atoms with Crippen LogP contribution in [-0.2, 0) is 0 Å². The van der Waals surface area contributed by atoms with Crippen LogP contribution in [0.4, 0.5) is 11.4 Å². The Hall–Kier alpha value is -2.02. The summed E-state index contributed by atoms with van der Waals surface area (Å²) in [6.45, 7) is 2.72. The molecule has 0 atom stereocenters. The van der Waals surface area contributed by atoms with Crippen LogP contribution in [0.3, 0.4) is 0 Å². The maximum Gasteiger partial charge on any atom is 0.296 e. The van der Waals surface area contributed by atoms with Crippen LogP contribution in [0.15, 0.2) is 12.1 Å². The molecule has 116 valence electrons. The Bertz CT molecular complexity index is 501. The molecule has 0 spiro atoms. The molecule has 21 heavy (non-hydrogen) atoms. The summed E-state index contributed by atoms with van der Waals surface area (Å²) in [5.41, 5.74) is 0.470. The van der Waals surface area contributed by atoms with Crippen molar-refractivity contribution in [1.82, 2.24) is 5.32 Å². The fourth-order valence-electron chi connectivity index (χ4n) is 2.50. The lowest BCUT2D eigenvalue weighted by Crippen LogP contribution is -2.31. The summed E-state index contributed by atoms with van der Waals surface area (Å²) in [6.07, 6.45) is 2.15. The first-order valence-corrected chi connectivity index (χ1v) is 7.00. The highest BCUT2D eigenvalue weighted by Gasteiger charge is 2.21. The molecule has 0 bridgehead atoms. The summed E-state index contributed by atoms with van der Waals surface area (Å²) in [7, 11) is 2.98. The molecule has 2 N–H and O–H groups in total. The maximum absolute atomic E-state index is 11.2. The van der Waals surface area contributed by atoms with Gasteiger partial charge in [0.25, 0.3) is 5.69 Å². The van der Waals surface area contributed by atoms with E-state index < -0.39 is 4.92 Å². The van der Waals surface area contributed by atoms with E-state index in [1.807, 2.05) is 0 Å². The van der Waals surface area contributed by atoms with E-state index in [1.54, 1.807) is 6.07 Å². The monoisotopic (exact) mass is 295 g/mol. The van der Waals surface area contributed by atoms with Gasteiger partial charge < -0.3 is 20.1 Å². The van der Waals surface area contributed by atoms with Crippen molar-refractivity contribution in [3.8, 4) is 11.5 Å². The van der Waals surface area contributed by atoms with E-state index in [1.165, 1.54) is 20.3 Å². The molecule has 1 heterocycles. The van der Waals surface area contributed by atoms with E-state index >= 15 is 0 Å². The van der Waals surface area contributed by atoms with Gasteiger partial charge in [0.05, 0.1) is 25.2 Å². The zero-order valence-corrected chi connectivity index (χ0v) is 12.3. The highest BCUT2D eigenvalue weighted by molar-refractivity contribution is 5.68. The number of piperidine rings is 1. The van der Waals surface area contributed by atoms with Crippen molar-refractivity contribution in [1.29, 1.82) is 0 Å². The van der Waals surface area contributed by atoms with E-state index in [9.17, 15) is 10.1 Å². The summed E-state index contributed by atoms with van der Waals surface area (Å²) in [4.78, 5) is 10.8. The molecule has 1 aromatic rings. The molecule has 7 heteroatoms. The highest BCUT2D eigenvalue weighted by Crippen LogP contribution is 2.37. The van der Waals surface area contributed by atoms with Gasteiger partial charge in [-0.05, 0) is 31.8 Å². The molecular weight excluding hydrogens is 274 g/mol. The molecular formula is C14H21N3O4. The van der Waals surface area contributed by atoms with Crippen molar-refractivity contribution in [3.63, 3.8) is 0 Å². The van der Waals surface area contributed by atoms with Crippen molar-refractivity contribution in [2.24, 2.45) is 5.92 Å². The van der Waals surface area contributed by atoms with E-state index in [0.29, 0.717) is 23.1 Å². The first-order valence-electron chi connectivity index (χ1n) is 7.00. The number of rotatable bonds is 6. The summed E-state index contributed by atoms with van der Waals surface area (Å²) >= 11 is 0. The SMILES string of the molecule is COc1cc(NCC2CCNCC2)c([N+](=O)[O-])cc1OC. The molecule has 1 saturated heterocycles. The van der Waals surface area contributed by atoms with Crippen LogP contribution in [-0.4, -0.2) is 38.8 Å². The lowest BCUT2D eigenvalue weighted by atomic mass is 9.98. The Balaban J connectivity index is 2.17. The average Bonchev–Trinajstić information content (AvgIpc) is 2.52. The van der Waals surface area contributed by atoms with Gasteiger partial charge in [0.15, 0.2) is 11.5 Å². The minimum atomic E-state index is -0.410. The Kier molecular flexibility index (Phi) is 5.21. The number of nitro benzene ring substituents is 1. The second-order valence-corrected chi connectivity index (χ2v) is 5.06. The smallest absolute Gasteiger partial charge is 0.296 e. The zero-order valence-electron chi connectivity index (χ0n) is 12.3. The fourth-order valence-corrected chi connectivity index (χ4v) is 2.50. The average molecular weight is 295 g/mol. The molecule has 1 aromatic carbocycles. The van der Waals surface area contributed by atoms with E-state index in [0.717, 1.165) is 32.5 Å². The minimum absolute atomic E-state index is 0.00147. The highest BCUT2D eigenvalue weighted by atomic mass is 16.6. The number of hydrogen-bond donors (Lipinski definition) is 2. The second kappa shape index (κ2) is 7.12. The normalized spacial score (nSPS) is 15.5. The molecule has 1 fully saturated rings. The first kappa shape index (κ1) is 15.4. The number of nitrogens with zero attached hydrogens (tertiary/aromatic N) is 1. The van der Waals surface area contributed by atoms with E-state index in [-0.39, 0.29) is 5.69 Å². The summed E-state index contributed by atoms with van der Waals surface area (Å²) in [5.74, 6) is 1.37. The number of hydrogen-bond acceptors (Lipinski definition) is 6. The molecule has 1 aliphatic rings. The summed E-state index contributed by atoms with van der Waals surface area (Å²) in [5, 5.41) is 17.7. The van der Waals surface area contributed by atoms with E-state index in [4.69, 9.17) is 9.47 Å². The number of ether oxygens (including phenoxy) is 2. The van der Waals surface area contributed by atoms with Crippen LogP contribution < -0.4 is 20.1 Å². The van der Waals surface area contributed by atoms with Crippen LogP contribution in [0.1, 0.15) is 12.8 Å². The molecule has 0 radical (unpaired) electrons. The van der Waals surface area contributed by atoms with Gasteiger partial charge in [-0.3, -0.25) is 10.1 Å². The van der Waals surface area contributed by atoms with Crippen molar-refractivity contribution >= 4 is 11.4 Å². The van der Waals surface area contributed by atoms with Gasteiger partial charge >= 0.3 is 0 Å². The predicted molar refractivity (Wildman–Crippen MR) is 80.3 cm³/mol. The van der Waals surface area contributed by atoms with Crippen molar-refractivity contribution in [2.45, 2.75) is 12.8 Å². The molecule has 0 amide bonds. The molecule has 0 aromatic heterocycles. The van der Waals surface area contributed by atoms with Crippen LogP contribution in [0.5, 0.6) is 11.5 Å². The quantitative estimate of drug-likeness (QED) is 0.617. The minimum Gasteiger partial charge on any atom is -0.493 e. The van der Waals surface area contributed by atoms with Crippen molar-refractivity contribution in [3.05, 3.63) is 22.2 Å². The standard InChI is InChI=1S/C14H21N3O4/c1-20-13-7-11(12(17(18)19)8-14(13)21-2)16-9-10-3-5-15-6-4-10/h7-8,10,15-16H,3-6,9H2,1-2H3. The van der Waals surface area contributed by atoms with Crippen LogP contribution in [0, 0.1) is 16.0 Å². The lowest BCUT2D eigenvalue weighted by molar-refractivity contribution is -0.384. The lowest BCUT2D eigenvalue weighted by Gasteiger charge is -2.23. The number of benzene rings is 1. The third kappa shape index (κ3) is 3.75. The number of anilines is 1. The van der Waals surface area contributed by atoms with Gasteiger partial charge in [0, 0.05) is 12.6 Å². The molecule has 0 unspecified atom stereocenters. The van der Waals surface area contributed by atoms with Gasteiger partial charge in [-0.2, -0.15) is 0 Å². The van der Waals surface area contributed by atoms with Gasteiger partial charge in [0.1, 0.15) is 5.69 Å². The van der Waals surface area contributed by atoms with Crippen molar-refractivity contribution in [2.75, 3.05) is 39.2 Å². The summed E-state index contributed by atoms with van der Waals surface area (Å²) in [6, 6.07) is 3.02. The van der Waals surface area contributed by atoms with Gasteiger partial charge in [0.2, 0.25) is 0 Å². The molecule has 2 rings (SSSR count). The zero-order chi connectivity index (χ0) is 15.2. The third-order valence-electron chi connectivity index (χ3n) is 3.74. The Morgan fingerprint density at radius 3 is 2.48 bits per heavy atom. The largest absolute Gasteiger partial charge is 0.493 e. The number of nitrogens with one attached hydrogen (secondary N) is 2. The third-order valence-corrected chi connectivity index (χ3v) is 3.74. The Labute approximate surface area is 123 Å². The van der Waals surface area contributed by atoms with Gasteiger partial charge in [-0.15, -0.1) is 0 Å². The Morgan fingerprint density at radius 1 is 1.29 bits per heavy atom. The number of nitro groups is 1.